The molecule has 0 radical (unpaired) electrons. The van der Waals surface area contributed by atoms with Crippen LogP contribution in [0, 0.1) is 0 Å². The van der Waals surface area contributed by atoms with Crippen LogP contribution in [0.3, 0.4) is 0 Å². The van der Waals surface area contributed by atoms with Crippen LogP contribution in [-0.2, 0) is 14.3 Å². The first-order valence-electron chi connectivity index (χ1n) is 13.1. The van der Waals surface area contributed by atoms with E-state index in [1.165, 1.54) is 11.1 Å². The van der Waals surface area contributed by atoms with Gasteiger partial charge in [-0.25, -0.2) is 9.59 Å². The highest BCUT2D eigenvalue weighted by atomic mass is 16.6. The minimum Gasteiger partial charge on any atom is -0.481 e. The number of rotatable bonds is 6. The Morgan fingerprint density at radius 2 is 1.63 bits per heavy atom. The first-order valence-corrected chi connectivity index (χ1v) is 13.1. The molecule has 0 saturated carbocycles. The number of amides is 2. The van der Waals surface area contributed by atoms with Crippen LogP contribution in [0.4, 0.5) is 9.59 Å². The summed E-state index contributed by atoms with van der Waals surface area (Å²) in [6.45, 7) is 7.34. The van der Waals surface area contributed by atoms with Crippen molar-refractivity contribution in [1.82, 2.24) is 15.1 Å². The molecule has 2 aliphatic heterocycles. The van der Waals surface area contributed by atoms with E-state index in [-0.39, 0.29) is 38.1 Å². The predicted octanol–water partition coefficient (Wildman–Crippen LogP) is 4.06. The average molecular weight is 522 g/mol. The number of carboxylic acid groups (broad SMARTS) is 1. The summed E-state index contributed by atoms with van der Waals surface area (Å²) in [5.74, 6) is -0.928. The molecular weight excluding hydrogens is 486 g/mol. The SMILES string of the molecule is CC(C)(C)OC(=O)N1CC(CC(=O)O)(N2CC[C@@H](NC(=O)OCC3c4ccccc4-c4ccccc43)C2)C1. The van der Waals surface area contributed by atoms with Gasteiger partial charge >= 0.3 is 18.2 Å². The highest BCUT2D eigenvalue weighted by molar-refractivity contribution is 5.79. The standard InChI is InChI=1S/C29H35N3O6/c1-28(2,3)38-27(36)31-17-29(18-31,14-25(33)34)32-13-12-19(15-32)30-26(35)37-16-24-22-10-6-4-8-20(22)21-9-5-7-11-23(21)24/h4-11,19,24H,12-18H2,1-3H3,(H,30,35)(H,33,34)/t19-/m1/s1. The van der Waals surface area contributed by atoms with Crippen molar-refractivity contribution in [3.05, 3.63) is 59.7 Å². The number of alkyl carbamates (subject to hydrolysis) is 1. The maximum absolute atomic E-state index is 12.8. The van der Waals surface area contributed by atoms with E-state index >= 15 is 0 Å². The summed E-state index contributed by atoms with van der Waals surface area (Å²) in [4.78, 5) is 40.5. The molecule has 2 amide bonds. The molecule has 5 rings (SSSR count). The second-order valence-electron chi connectivity index (χ2n) is 11.5. The molecule has 38 heavy (non-hydrogen) atoms. The minimum absolute atomic E-state index is 0.0131. The van der Waals surface area contributed by atoms with Gasteiger partial charge in [-0.2, -0.15) is 0 Å². The van der Waals surface area contributed by atoms with Gasteiger partial charge in [0.05, 0.1) is 12.0 Å². The van der Waals surface area contributed by atoms with Gasteiger partial charge in [-0.3, -0.25) is 9.69 Å². The number of hydrogen-bond acceptors (Lipinski definition) is 6. The van der Waals surface area contributed by atoms with Crippen LogP contribution >= 0.6 is 0 Å². The highest BCUT2D eigenvalue weighted by Crippen LogP contribution is 2.44. The first kappa shape index (κ1) is 26.0. The Bertz CT molecular complexity index is 1190. The fourth-order valence-electron chi connectivity index (χ4n) is 5.94. The fourth-order valence-corrected chi connectivity index (χ4v) is 5.94. The number of carboxylic acids is 1. The molecule has 2 heterocycles. The maximum Gasteiger partial charge on any atom is 0.410 e. The lowest BCUT2D eigenvalue weighted by Crippen LogP contribution is -2.72. The molecule has 1 aliphatic carbocycles. The predicted molar refractivity (Wildman–Crippen MR) is 141 cm³/mol. The highest BCUT2D eigenvalue weighted by Gasteiger charge is 2.53. The van der Waals surface area contributed by atoms with Crippen molar-refractivity contribution in [3.8, 4) is 11.1 Å². The van der Waals surface area contributed by atoms with E-state index in [2.05, 4.69) is 34.5 Å². The smallest absolute Gasteiger partial charge is 0.410 e. The van der Waals surface area contributed by atoms with Gasteiger partial charge in [0.25, 0.3) is 0 Å². The lowest BCUT2D eigenvalue weighted by molar-refractivity contribution is -0.145. The van der Waals surface area contributed by atoms with Gasteiger partial charge in [0.15, 0.2) is 0 Å². The van der Waals surface area contributed by atoms with E-state index in [1.807, 2.05) is 24.3 Å². The number of nitrogens with one attached hydrogen (secondary N) is 1. The Kier molecular flexibility index (Phi) is 6.81. The van der Waals surface area contributed by atoms with Crippen molar-refractivity contribution < 1.29 is 29.0 Å². The Labute approximate surface area is 222 Å². The van der Waals surface area contributed by atoms with E-state index in [1.54, 1.807) is 25.7 Å². The van der Waals surface area contributed by atoms with Crippen molar-refractivity contribution in [1.29, 1.82) is 0 Å². The van der Waals surface area contributed by atoms with E-state index in [9.17, 15) is 19.5 Å². The quantitative estimate of drug-likeness (QED) is 0.590. The van der Waals surface area contributed by atoms with Crippen LogP contribution in [0.25, 0.3) is 11.1 Å². The van der Waals surface area contributed by atoms with Crippen LogP contribution < -0.4 is 5.32 Å². The second-order valence-corrected chi connectivity index (χ2v) is 11.5. The molecule has 2 fully saturated rings. The van der Waals surface area contributed by atoms with Gasteiger partial charge in [-0.15, -0.1) is 0 Å². The monoisotopic (exact) mass is 521 g/mol. The largest absolute Gasteiger partial charge is 0.481 e. The number of hydrogen-bond donors (Lipinski definition) is 2. The van der Waals surface area contributed by atoms with E-state index in [4.69, 9.17) is 9.47 Å². The summed E-state index contributed by atoms with van der Waals surface area (Å²) in [5, 5.41) is 12.5. The van der Waals surface area contributed by atoms with Crippen LogP contribution in [-0.4, -0.2) is 83.0 Å². The van der Waals surface area contributed by atoms with Crippen molar-refractivity contribution >= 4 is 18.2 Å². The molecule has 0 bridgehead atoms. The number of benzene rings is 2. The second kappa shape index (κ2) is 9.94. The Hall–Kier alpha value is -3.59. The molecule has 202 valence electrons. The summed E-state index contributed by atoms with van der Waals surface area (Å²) in [7, 11) is 0. The summed E-state index contributed by atoms with van der Waals surface area (Å²) in [5.41, 5.74) is 3.38. The van der Waals surface area contributed by atoms with Crippen LogP contribution in [0.15, 0.2) is 48.5 Å². The van der Waals surface area contributed by atoms with Crippen LogP contribution in [0.1, 0.15) is 50.7 Å². The third-order valence-corrected chi connectivity index (χ3v) is 7.63. The molecule has 0 unspecified atom stereocenters. The molecule has 0 spiro atoms. The normalized spacial score (nSPS) is 20.3. The number of carbonyl (C=O) groups excluding carboxylic acids is 2. The molecule has 9 nitrogen and oxygen atoms in total. The first-order chi connectivity index (χ1) is 18.0. The van der Waals surface area contributed by atoms with Crippen molar-refractivity contribution in [2.45, 2.75) is 56.7 Å². The van der Waals surface area contributed by atoms with Crippen molar-refractivity contribution in [2.24, 2.45) is 0 Å². The molecule has 2 aromatic rings. The number of nitrogens with zero attached hydrogens (tertiary/aromatic N) is 2. The molecule has 2 saturated heterocycles. The van der Waals surface area contributed by atoms with Crippen molar-refractivity contribution in [2.75, 3.05) is 32.8 Å². The lowest BCUT2D eigenvalue weighted by atomic mass is 9.84. The minimum atomic E-state index is -0.915. The van der Waals surface area contributed by atoms with E-state index < -0.39 is 29.3 Å². The summed E-state index contributed by atoms with van der Waals surface area (Å²) >= 11 is 0. The number of carbonyl (C=O) groups is 3. The zero-order valence-corrected chi connectivity index (χ0v) is 22.1. The summed E-state index contributed by atoms with van der Waals surface area (Å²) < 4.78 is 11.1. The van der Waals surface area contributed by atoms with Gasteiger partial charge in [-0.1, -0.05) is 48.5 Å². The third-order valence-electron chi connectivity index (χ3n) is 7.63. The molecule has 2 N–H and O–H groups in total. The molecule has 1 atom stereocenters. The Morgan fingerprint density at radius 3 is 2.21 bits per heavy atom. The molecule has 2 aromatic carbocycles. The van der Waals surface area contributed by atoms with Crippen LogP contribution in [0.5, 0.6) is 0 Å². The van der Waals surface area contributed by atoms with E-state index in [0.717, 1.165) is 11.1 Å². The summed E-state index contributed by atoms with van der Waals surface area (Å²) in [6.07, 6.45) is -0.317. The number of fused-ring (bicyclic) bond motifs is 3. The number of likely N-dealkylation sites (tertiary alicyclic amines) is 2. The topological polar surface area (TPSA) is 108 Å². The molecule has 0 aromatic heterocycles. The van der Waals surface area contributed by atoms with Gasteiger partial charge in [0, 0.05) is 38.1 Å². The van der Waals surface area contributed by atoms with Gasteiger partial charge in [0.1, 0.15) is 12.2 Å². The average Bonchev–Trinajstić information content (AvgIpc) is 3.41. The van der Waals surface area contributed by atoms with Crippen molar-refractivity contribution in [3.63, 3.8) is 0 Å². The van der Waals surface area contributed by atoms with Gasteiger partial charge in [-0.05, 0) is 49.4 Å². The van der Waals surface area contributed by atoms with Gasteiger partial charge < -0.3 is 24.8 Å². The lowest BCUT2D eigenvalue weighted by Gasteiger charge is -2.54. The zero-order chi connectivity index (χ0) is 27.1. The maximum atomic E-state index is 12.8. The summed E-state index contributed by atoms with van der Waals surface area (Å²) in [6, 6.07) is 16.2. The van der Waals surface area contributed by atoms with E-state index in [0.29, 0.717) is 19.5 Å². The molecular formula is C29H35N3O6. The Balaban J connectivity index is 1.16. The zero-order valence-electron chi connectivity index (χ0n) is 22.1. The molecule has 3 aliphatic rings. The third kappa shape index (κ3) is 5.20. The fraction of sp³-hybridized carbons (Fsp3) is 0.483. The Morgan fingerprint density at radius 1 is 1.03 bits per heavy atom. The molecule has 9 heteroatoms. The number of aliphatic carboxylic acids is 1. The van der Waals surface area contributed by atoms with Gasteiger partial charge in [0.2, 0.25) is 0 Å². The number of ether oxygens (including phenoxy) is 2. The van der Waals surface area contributed by atoms with Crippen LogP contribution in [0.2, 0.25) is 0 Å².